The minimum atomic E-state index is 0.148. The van der Waals surface area contributed by atoms with E-state index in [2.05, 4.69) is 18.9 Å². The summed E-state index contributed by atoms with van der Waals surface area (Å²) in [6.45, 7) is 2.62. The molecule has 0 saturated carbocycles. The molecule has 0 spiro atoms. The molecule has 1 aliphatic rings. The molecule has 86 valence electrons. The molecule has 0 radical (unpaired) electrons. The van der Waals surface area contributed by atoms with E-state index in [-0.39, 0.29) is 6.10 Å². The molecule has 0 aliphatic carbocycles. The van der Waals surface area contributed by atoms with Crippen molar-refractivity contribution < 1.29 is 9.47 Å². The number of aryl methyl sites for hydroxylation is 1. The van der Waals surface area contributed by atoms with Crippen LogP contribution < -0.4 is 9.47 Å². The monoisotopic (exact) mass is 227 g/mol. The van der Waals surface area contributed by atoms with Gasteiger partial charge in [-0.25, -0.2) is 0 Å². The minimum Gasteiger partial charge on any atom is -0.486 e. The average Bonchev–Trinajstić information content (AvgIpc) is 2.37. The van der Waals surface area contributed by atoms with Crippen LogP contribution in [-0.4, -0.2) is 25.5 Å². The number of hydrogen-bond donors (Lipinski definition) is 0. The maximum absolute atomic E-state index is 5.97. The SMILES string of the molecule is BC[C@H]1COc2ccc3nc(C)ccc3c2O1. The van der Waals surface area contributed by atoms with Crippen molar-refractivity contribution in [1.82, 2.24) is 4.98 Å². The van der Waals surface area contributed by atoms with Crippen LogP contribution in [0.4, 0.5) is 0 Å². The van der Waals surface area contributed by atoms with Crippen molar-refractivity contribution in [2.24, 2.45) is 0 Å². The third-order valence-electron chi connectivity index (χ3n) is 3.09. The number of pyridine rings is 1. The summed E-state index contributed by atoms with van der Waals surface area (Å²) in [7, 11) is 2.10. The maximum Gasteiger partial charge on any atom is 0.171 e. The number of fused-ring (bicyclic) bond motifs is 3. The normalized spacial score (nSPS) is 18.3. The molecule has 1 aliphatic heterocycles. The molecule has 0 bridgehead atoms. The molecule has 17 heavy (non-hydrogen) atoms. The molecule has 1 aromatic heterocycles. The van der Waals surface area contributed by atoms with Gasteiger partial charge in [0.15, 0.2) is 11.5 Å². The van der Waals surface area contributed by atoms with E-state index in [1.54, 1.807) is 0 Å². The standard InChI is InChI=1S/C13H14BNO2/c1-8-2-3-10-11(15-8)4-5-12-13(10)17-9(6-14)7-16-12/h2-5,9H,6-7,14H2,1H3/t9-/m0/s1. The zero-order chi connectivity index (χ0) is 11.8. The average molecular weight is 227 g/mol. The van der Waals surface area contributed by atoms with Crippen molar-refractivity contribution in [2.45, 2.75) is 19.3 Å². The molecule has 4 heteroatoms. The Bertz CT molecular complexity index is 571. The summed E-state index contributed by atoms with van der Waals surface area (Å²) in [5.41, 5.74) is 1.98. The lowest BCUT2D eigenvalue weighted by Crippen LogP contribution is -2.28. The zero-order valence-electron chi connectivity index (χ0n) is 10.1. The van der Waals surface area contributed by atoms with E-state index in [1.165, 1.54) is 0 Å². The van der Waals surface area contributed by atoms with Gasteiger partial charge in [0.2, 0.25) is 0 Å². The number of nitrogens with zero attached hydrogens (tertiary/aromatic N) is 1. The van der Waals surface area contributed by atoms with E-state index in [0.717, 1.165) is 34.4 Å². The molecule has 1 aromatic carbocycles. The first-order valence-corrected chi connectivity index (χ1v) is 5.97. The van der Waals surface area contributed by atoms with Gasteiger partial charge in [0.05, 0.1) is 5.52 Å². The van der Waals surface area contributed by atoms with Crippen LogP contribution in [0, 0.1) is 6.92 Å². The molecule has 0 unspecified atom stereocenters. The lowest BCUT2D eigenvalue weighted by molar-refractivity contribution is 0.107. The van der Waals surface area contributed by atoms with Crippen LogP contribution in [0.5, 0.6) is 11.5 Å². The molecule has 0 fully saturated rings. The van der Waals surface area contributed by atoms with Gasteiger partial charge in [0, 0.05) is 11.1 Å². The molecule has 0 N–H and O–H groups in total. The molecule has 2 heterocycles. The first-order chi connectivity index (χ1) is 8.28. The van der Waals surface area contributed by atoms with Crippen molar-refractivity contribution >= 4 is 18.7 Å². The molecule has 3 nitrogen and oxygen atoms in total. The van der Waals surface area contributed by atoms with Crippen LogP contribution in [0.2, 0.25) is 6.32 Å². The van der Waals surface area contributed by atoms with Gasteiger partial charge in [-0.15, -0.1) is 0 Å². The molecular formula is C13H14BNO2. The van der Waals surface area contributed by atoms with E-state index >= 15 is 0 Å². The van der Waals surface area contributed by atoms with Crippen LogP contribution in [-0.2, 0) is 0 Å². The lowest BCUT2D eigenvalue weighted by atomic mass is 9.99. The van der Waals surface area contributed by atoms with Crippen LogP contribution in [0.25, 0.3) is 10.9 Å². The highest BCUT2D eigenvalue weighted by Crippen LogP contribution is 2.38. The zero-order valence-corrected chi connectivity index (χ0v) is 10.1. The number of aromatic nitrogens is 1. The summed E-state index contributed by atoms with van der Waals surface area (Å²) in [4.78, 5) is 4.50. The molecule has 3 rings (SSSR count). The number of ether oxygens (including phenoxy) is 2. The number of rotatable bonds is 1. The second kappa shape index (κ2) is 3.95. The Balaban J connectivity index is 2.17. The molecule has 0 saturated heterocycles. The number of hydrogen-bond acceptors (Lipinski definition) is 3. The topological polar surface area (TPSA) is 31.4 Å². The Hall–Kier alpha value is -1.71. The van der Waals surface area contributed by atoms with E-state index in [9.17, 15) is 0 Å². The van der Waals surface area contributed by atoms with Crippen molar-refractivity contribution in [3.63, 3.8) is 0 Å². The first kappa shape index (κ1) is 10.4. The second-order valence-electron chi connectivity index (χ2n) is 4.37. The second-order valence-corrected chi connectivity index (χ2v) is 4.37. The summed E-state index contributed by atoms with van der Waals surface area (Å²) in [6, 6.07) is 7.98. The van der Waals surface area contributed by atoms with Gasteiger partial charge in [0.25, 0.3) is 0 Å². The Morgan fingerprint density at radius 1 is 1.35 bits per heavy atom. The summed E-state index contributed by atoms with van der Waals surface area (Å²) in [5, 5.41) is 1.03. The predicted octanol–water partition coefficient (Wildman–Crippen LogP) is 1.73. The van der Waals surface area contributed by atoms with Gasteiger partial charge >= 0.3 is 0 Å². The highest BCUT2D eigenvalue weighted by molar-refractivity contribution is 6.09. The smallest absolute Gasteiger partial charge is 0.171 e. The summed E-state index contributed by atoms with van der Waals surface area (Å²) >= 11 is 0. The van der Waals surface area contributed by atoms with Crippen LogP contribution in [0.3, 0.4) is 0 Å². The Labute approximate surface area is 101 Å². The van der Waals surface area contributed by atoms with Crippen molar-refractivity contribution in [2.75, 3.05) is 6.61 Å². The largest absolute Gasteiger partial charge is 0.486 e. The van der Waals surface area contributed by atoms with E-state index in [4.69, 9.17) is 9.47 Å². The quantitative estimate of drug-likeness (QED) is 0.695. The van der Waals surface area contributed by atoms with E-state index in [1.807, 2.05) is 25.1 Å². The van der Waals surface area contributed by atoms with Crippen molar-refractivity contribution in [3.8, 4) is 11.5 Å². The van der Waals surface area contributed by atoms with Gasteiger partial charge in [-0.2, -0.15) is 0 Å². The highest BCUT2D eigenvalue weighted by atomic mass is 16.6. The fourth-order valence-electron chi connectivity index (χ4n) is 2.08. The van der Waals surface area contributed by atoms with Gasteiger partial charge in [0.1, 0.15) is 20.6 Å². The fraction of sp³-hybridized carbons (Fsp3) is 0.308. The van der Waals surface area contributed by atoms with Gasteiger partial charge in [-0.3, -0.25) is 4.98 Å². The summed E-state index contributed by atoms with van der Waals surface area (Å²) in [6.07, 6.45) is 1.10. The van der Waals surface area contributed by atoms with E-state index < -0.39 is 0 Å². The van der Waals surface area contributed by atoms with Gasteiger partial charge in [-0.05, 0) is 37.5 Å². The summed E-state index contributed by atoms with van der Waals surface area (Å²) < 4.78 is 11.7. The lowest BCUT2D eigenvalue weighted by Gasteiger charge is -2.26. The van der Waals surface area contributed by atoms with Crippen molar-refractivity contribution in [1.29, 1.82) is 0 Å². The third kappa shape index (κ3) is 1.73. The van der Waals surface area contributed by atoms with Crippen LogP contribution in [0.15, 0.2) is 24.3 Å². The molecule has 1 atom stereocenters. The summed E-state index contributed by atoms with van der Waals surface area (Å²) in [5.74, 6) is 1.67. The van der Waals surface area contributed by atoms with Crippen molar-refractivity contribution in [3.05, 3.63) is 30.0 Å². The number of benzene rings is 1. The first-order valence-electron chi connectivity index (χ1n) is 5.97. The van der Waals surface area contributed by atoms with E-state index in [0.29, 0.717) is 6.61 Å². The Morgan fingerprint density at radius 3 is 3.06 bits per heavy atom. The van der Waals surface area contributed by atoms with Crippen LogP contribution >= 0.6 is 0 Å². The molecular weight excluding hydrogens is 213 g/mol. The third-order valence-corrected chi connectivity index (χ3v) is 3.09. The van der Waals surface area contributed by atoms with Crippen LogP contribution in [0.1, 0.15) is 5.69 Å². The minimum absolute atomic E-state index is 0.148. The predicted molar refractivity (Wildman–Crippen MR) is 69.7 cm³/mol. The maximum atomic E-state index is 5.97. The molecule has 2 aromatic rings. The van der Waals surface area contributed by atoms with Gasteiger partial charge in [-0.1, -0.05) is 0 Å². The Morgan fingerprint density at radius 2 is 2.24 bits per heavy atom. The van der Waals surface area contributed by atoms with Gasteiger partial charge < -0.3 is 9.47 Å². The molecule has 0 amide bonds. The Kier molecular flexibility index (Phi) is 2.43. The fourth-order valence-corrected chi connectivity index (χ4v) is 2.08. The highest BCUT2D eigenvalue weighted by Gasteiger charge is 2.21.